The maximum absolute atomic E-state index is 12.0. The molecule has 0 aliphatic heterocycles. The van der Waals surface area contributed by atoms with Crippen LogP contribution in [-0.2, 0) is 17.6 Å². The molecule has 0 unspecified atom stereocenters. The Morgan fingerprint density at radius 3 is 2.62 bits per heavy atom. The van der Waals surface area contributed by atoms with Gasteiger partial charge in [-0.3, -0.25) is 14.9 Å². The largest absolute Gasteiger partial charge is 0.356 e. The van der Waals surface area contributed by atoms with Gasteiger partial charge in [0.15, 0.2) is 5.13 Å². The van der Waals surface area contributed by atoms with E-state index in [1.807, 2.05) is 47.2 Å². The normalized spacial score (nSPS) is 10.5. The number of carbonyl (C=O) groups is 2. The van der Waals surface area contributed by atoms with E-state index in [-0.39, 0.29) is 11.8 Å². The van der Waals surface area contributed by atoms with E-state index in [4.69, 9.17) is 0 Å². The van der Waals surface area contributed by atoms with Crippen LogP contribution in [0, 0.1) is 0 Å². The number of amides is 2. The number of carbonyl (C=O) groups excluding carboxylic acids is 2. The summed E-state index contributed by atoms with van der Waals surface area (Å²) in [6.45, 7) is 0.627. The average Bonchev–Trinajstić information content (AvgIpc) is 3.33. The van der Waals surface area contributed by atoms with Crippen molar-refractivity contribution in [3.05, 3.63) is 69.4 Å². The van der Waals surface area contributed by atoms with Crippen LogP contribution in [0.2, 0.25) is 0 Å². The Hall–Kier alpha value is -2.51. The topological polar surface area (TPSA) is 71.1 Å². The smallest absolute Gasteiger partial charge is 0.267 e. The fraction of sp³-hybridized carbons (Fsp3) is 0.211. The molecule has 0 radical (unpaired) electrons. The summed E-state index contributed by atoms with van der Waals surface area (Å²) in [6.07, 6.45) is 1.77. The van der Waals surface area contributed by atoms with E-state index >= 15 is 0 Å². The molecule has 0 aliphatic carbocycles. The Labute approximate surface area is 160 Å². The first-order valence-corrected chi connectivity index (χ1v) is 10.1. The molecular weight excluding hydrogens is 366 g/mol. The van der Waals surface area contributed by atoms with Gasteiger partial charge >= 0.3 is 0 Å². The second kappa shape index (κ2) is 9.26. The third-order valence-corrected chi connectivity index (χ3v) is 5.38. The second-order valence-electron chi connectivity index (χ2n) is 5.66. The molecule has 7 heteroatoms. The fourth-order valence-electron chi connectivity index (χ4n) is 2.37. The summed E-state index contributed by atoms with van der Waals surface area (Å²) >= 11 is 2.76. The summed E-state index contributed by atoms with van der Waals surface area (Å²) < 4.78 is 0. The van der Waals surface area contributed by atoms with Crippen molar-refractivity contribution < 1.29 is 9.59 Å². The van der Waals surface area contributed by atoms with Crippen LogP contribution in [0.15, 0.2) is 53.2 Å². The Balaban J connectivity index is 1.38. The average molecular weight is 386 g/mol. The van der Waals surface area contributed by atoms with Crippen molar-refractivity contribution in [2.24, 2.45) is 0 Å². The minimum atomic E-state index is -0.153. The number of aromatic nitrogens is 1. The lowest BCUT2D eigenvalue weighted by molar-refractivity contribution is -0.121. The molecule has 0 aliphatic rings. The molecule has 1 aromatic carbocycles. The molecule has 3 rings (SSSR count). The van der Waals surface area contributed by atoms with Crippen molar-refractivity contribution in [3.63, 3.8) is 0 Å². The Morgan fingerprint density at radius 1 is 1.00 bits per heavy atom. The van der Waals surface area contributed by atoms with E-state index in [2.05, 4.69) is 15.6 Å². The molecule has 5 nitrogen and oxygen atoms in total. The lowest BCUT2D eigenvalue weighted by Crippen LogP contribution is -2.25. The van der Waals surface area contributed by atoms with Crippen LogP contribution in [0.3, 0.4) is 0 Å². The molecular formula is C19H19N3O2S2. The van der Waals surface area contributed by atoms with E-state index < -0.39 is 0 Å². The minimum absolute atomic E-state index is 0.0121. The molecule has 0 saturated heterocycles. The zero-order valence-corrected chi connectivity index (χ0v) is 15.7. The first-order valence-electron chi connectivity index (χ1n) is 8.30. The van der Waals surface area contributed by atoms with Gasteiger partial charge in [0.25, 0.3) is 5.91 Å². The van der Waals surface area contributed by atoms with E-state index in [9.17, 15) is 9.59 Å². The van der Waals surface area contributed by atoms with Gasteiger partial charge in [0.2, 0.25) is 5.91 Å². The Bertz CT molecular complexity index is 845. The van der Waals surface area contributed by atoms with Crippen molar-refractivity contribution in [3.8, 4) is 0 Å². The zero-order valence-electron chi connectivity index (χ0n) is 14.1. The molecule has 2 heterocycles. The van der Waals surface area contributed by atoms with Crippen LogP contribution in [0.4, 0.5) is 5.13 Å². The molecule has 0 spiro atoms. The number of nitrogens with zero attached hydrogens (tertiary/aromatic N) is 1. The molecule has 2 N–H and O–H groups in total. The first-order chi connectivity index (χ1) is 12.7. The van der Waals surface area contributed by atoms with E-state index in [1.54, 1.807) is 6.07 Å². The Morgan fingerprint density at radius 2 is 1.85 bits per heavy atom. The highest BCUT2D eigenvalue weighted by molar-refractivity contribution is 7.14. The number of hydrogen-bond donors (Lipinski definition) is 2. The number of aryl methyl sites for hydroxylation is 1. The lowest BCUT2D eigenvalue weighted by Gasteiger charge is -2.04. The number of hydrogen-bond acceptors (Lipinski definition) is 5. The molecule has 26 heavy (non-hydrogen) atoms. The first kappa shape index (κ1) is 18.3. The quantitative estimate of drug-likeness (QED) is 0.620. The van der Waals surface area contributed by atoms with Gasteiger partial charge in [-0.15, -0.1) is 22.7 Å². The van der Waals surface area contributed by atoms with Crippen molar-refractivity contribution in [1.82, 2.24) is 10.3 Å². The number of thiazole rings is 1. The van der Waals surface area contributed by atoms with Crippen molar-refractivity contribution in [2.75, 3.05) is 11.9 Å². The highest BCUT2D eigenvalue weighted by Gasteiger charge is 2.10. The highest BCUT2D eigenvalue weighted by atomic mass is 32.1. The summed E-state index contributed by atoms with van der Waals surface area (Å²) in [5.74, 6) is -0.141. The molecule has 2 aromatic heterocycles. The van der Waals surface area contributed by atoms with Gasteiger partial charge in [0.05, 0.1) is 10.6 Å². The summed E-state index contributed by atoms with van der Waals surface area (Å²) in [4.78, 5) is 29.0. The molecule has 134 valence electrons. The van der Waals surface area contributed by atoms with Crippen LogP contribution in [0.25, 0.3) is 0 Å². The van der Waals surface area contributed by atoms with Crippen molar-refractivity contribution in [1.29, 1.82) is 0 Å². The van der Waals surface area contributed by atoms with Crippen LogP contribution in [0.5, 0.6) is 0 Å². The molecule has 3 aromatic rings. The zero-order chi connectivity index (χ0) is 18.2. The van der Waals surface area contributed by atoms with Gasteiger partial charge in [-0.05, 0) is 29.9 Å². The summed E-state index contributed by atoms with van der Waals surface area (Å²) in [6, 6.07) is 13.7. The number of benzene rings is 1. The number of nitrogens with one attached hydrogen (secondary N) is 2. The predicted octanol–water partition coefficient (Wildman–Crippen LogP) is 3.75. The highest BCUT2D eigenvalue weighted by Crippen LogP contribution is 2.18. The van der Waals surface area contributed by atoms with Crippen molar-refractivity contribution >= 4 is 39.6 Å². The van der Waals surface area contributed by atoms with Gasteiger partial charge in [0, 0.05) is 18.3 Å². The maximum atomic E-state index is 12.0. The number of thiophene rings is 1. The molecule has 0 fully saturated rings. The van der Waals surface area contributed by atoms with Crippen molar-refractivity contribution in [2.45, 2.75) is 19.3 Å². The fourth-order valence-corrected chi connectivity index (χ4v) is 3.73. The molecule has 0 bridgehead atoms. The second-order valence-corrected chi connectivity index (χ2v) is 7.47. The molecule has 0 atom stereocenters. The molecule has 2 amide bonds. The summed E-state index contributed by atoms with van der Waals surface area (Å²) in [7, 11) is 0. The lowest BCUT2D eigenvalue weighted by atomic mass is 10.1. The van der Waals surface area contributed by atoms with Gasteiger partial charge in [-0.2, -0.15) is 0 Å². The summed E-state index contributed by atoms with van der Waals surface area (Å²) in [5, 5.41) is 10.0. The monoisotopic (exact) mass is 385 g/mol. The number of anilines is 1. The van der Waals surface area contributed by atoms with Crippen LogP contribution in [-0.4, -0.2) is 23.3 Å². The standard InChI is InChI=1S/C19H19N3O2S2/c23-17(20-11-10-14-5-2-1-3-6-14)9-8-15-13-26-19(21-15)22-18(24)16-7-4-12-25-16/h1-7,12-13H,8-11H2,(H,20,23)(H,21,22,24). The van der Waals surface area contributed by atoms with E-state index in [1.165, 1.54) is 28.2 Å². The van der Waals surface area contributed by atoms with Gasteiger partial charge in [-0.1, -0.05) is 36.4 Å². The van der Waals surface area contributed by atoms with Gasteiger partial charge in [-0.25, -0.2) is 4.98 Å². The van der Waals surface area contributed by atoms with Gasteiger partial charge < -0.3 is 5.32 Å². The Kier molecular flexibility index (Phi) is 6.51. The third-order valence-electron chi connectivity index (χ3n) is 3.70. The molecule has 0 saturated carbocycles. The van der Waals surface area contributed by atoms with E-state index in [0.717, 1.165) is 12.1 Å². The van der Waals surface area contributed by atoms with E-state index in [0.29, 0.717) is 29.4 Å². The van der Waals surface area contributed by atoms with Crippen LogP contribution in [0.1, 0.15) is 27.3 Å². The van der Waals surface area contributed by atoms with Gasteiger partial charge in [0.1, 0.15) is 0 Å². The minimum Gasteiger partial charge on any atom is -0.356 e. The number of rotatable bonds is 8. The van der Waals surface area contributed by atoms with Crippen LogP contribution < -0.4 is 10.6 Å². The summed E-state index contributed by atoms with van der Waals surface area (Å²) in [5.41, 5.74) is 2.02. The van der Waals surface area contributed by atoms with Crippen LogP contribution >= 0.6 is 22.7 Å². The SMILES string of the molecule is O=C(CCc1csc(NC(=O)c2cccs2)n1)NCCc1ccccc1. The third kappa shape index (κ3) is 5.50. The predicted molar refractivity (Wildman–Crippen MR) is 106 cm³/mol. The maximum Gasteiger partial charge on any atom is 0.267 e.